The number of benzene rings is 1. The molecule has 1 fully saturated rings. The Labute approximate surface area is 167 Å². The number of amides is 3. The first-order valence-electron chi connectivity index (χ1n) is 9.20. The van der Waals surface area contributed by atoms with E-state index in [9.17, 15) is 14.4 Å². The van der Waals surface area contributed by atoms with Gasteiger partial charge in [0.1, 0.15) is 12.4 Å². The van der Waals surface area contributed by atoms with Crippen molar-refractivity contribution in [3.8, 4) is 0 Å². The highest BCUT2D eigenvalue weighted by molar-refractivity contribution is 8.01. The van der Waals surface area contributed by atoms with Crippen molar-refractivity contribution >= 4 is 41.0 Å². The maximum atomic E-state index is 13.1. The summed E-state index contributed by atoms with van der Waals surface area (Å²) in [5.74, 6) is -0.459. The number of fused-ring (bicyclic) bond motifs is 1. The third-order valence-electron chi connectivity index (χ3n) is 4.77. The highest BCUT2D eigenvalue weighted by Gasteiger charge is 2.41. The van der Waals surface area contributed by atoms with Crippen molar-refractivity contribution < 1.29 is 14.4 Å². The number of carbonyl (C=O) groups excluding carboxylic acids is 3. The number of pyridine rings is 1. The molecule has 0 spiro atoms. The van der Waals surface area contributed by atoms with Gasteiger partial charge in [0.2, 0.25) is 11.8 Å². The molecule has 4 rings (SSSR count). The lowest BCUT2D eigenvalue weighted by atomic mass is 10.2. The number of nitrogens with one attached hydrogen (secondary N) is 1. The van der Waals surface area contributed by atoms with Crippen LogP contribution in [0.3, 0.4) is 0 Å². The van der Waals surface area contributed by atoms with Gasteiger partial charge in [-0.1, -0.05) is 18.2 Å². The molecule has 0 radical (unpaired) electrons. The van der Waals surface area contributed by atoms with Crippen LogP contribution in [0.4, 0.5) is 11.5 Å². The predicted molar refractivity (Wildman–Crippen MR) is 107 cm³/mol. The summed E-state index contributed by atoms with van der Waals surface area (Å²) in [4.78, 5) is 46.6. The largest absolute Gasteiger partial charge is 0.341 e. The second-order valence-electron chi connectivity index (χ2n) is 6.69. The van der Waals surface area contributed by atoms with Crippen molar-refractivity contribution in [2.24, 2.45) is 0 Å². The Morgan fingerprint density at radius 2 is 1.86 bits per heavy atom. The van der Waals surface area contributed by atoms with E-state index in [0.29, 0.717) is 24.6 Å². The minimum Gasteiger partial charge on any atom is -0.341 e. The van der Waals surface area contributed by atoms with Crippen molar-refractivity contribution in [2.45, 2.75) is 23.0 Å². The minimum absolute atomic E-state index is 0.169. The van der Waals surface area contributed by atoms with Crippen LogP contribution in [0.1, 0.15) is 12.8 Å². The second-order valence-corrected chi connectivity index (χ2v) is 7.83. The fourth-order valence-electron chi connectivity index (χ4n) is 3.40. The van der Waals surface area contributed by atoms with E-state index in [2.05, 4.69) is 10.3 Å². The minimum atomic E-state index is -0.851. The zero-order chi connectivity index (χ0) is 19.5. The number of para-hydroxylation sites is 1. The summed E-state index contributed by atoms with van der Waals surface area (Å²) in [5.41, 5.74) is 0.652. The van der Waals surface area contributed by atoms with E-state index in [-0.39, 0.29) is 24.3 Å². The second kappa shape index (κ2) is 8.02. The van der Waals surface area contributed by atoms with Crippen LogP contribution in [0.2, 0.25) is 0 Å². The highest BCUT2D eigenvalue weighted by Crippen LogP contribution is 2.39. The Bertz CT molecular complexity index is 899. The maximum Gasteiger partial charge on any atom is 0.250 e. The quantitative estimate of drug-likeness (QED) is 0.801. The van der Waals surface area contributed by atoms with Gasteiger partial charge >= 0.3 is 0 Å². The van der Waals surface area contributed by atoms with Gasteiger partial charge in [0.15, 0.2) is 5.25 Å². The molecule has 0 aliphatic carbocycles. The summed E-state index contributed by atoms with van der Waals surface area (Å²) in [5, 5.41) is 1.84. The fourth-order valence-corrected chi connectivity index (χ4v) is 4.59. The van der Waals surface area contributed by atoms with Gasteiger partial charge in [-0.25, -0.2) is 4.98 Å². The number of likely N-dealkylation sites (tertiary alicyclic amines) is 1. The zero-order valence-electron chi connectivity index (χ0n) is 15.2. The van der Waals surface area contributed by atoms with Gasteiger partial charge in [0.25, 0.3) is 5.91 Å². The molecule has 1 unspecified atom stereocenters. The van der Waals surface area contributed by atoms with E-state index in [0.717, 1.165) is 17.7 Å². The van der Waals surface area contributed by atoms with E-state index in [1.165, 1.54) is 16.7 Å². The van der Waals surface area contributed by atoms with Gasteiger partial charge in [0, 0.05) is 24.2 Å². The van der Waals surface area contributed by atoms with E-state index in [4.69, 9.17) is 0 Å². The van der Waals surface area contributed by atoms with E-state index in [1.54, 1.807) is 35.4 Å². The lowest BCUT2D eigenvalue weighted by molar-refractivity contribution is -0.134. The third-order valence-corrected chi connectivity index (χ3v) is 6.01. The number of anilines is 2. The standard InChI is InChI=1S/C20H20N4O3S/c25-17(22-16-9-3-4-10-21-16)13-24-14-7-1-2-8-15(14)28-18(20(24)27)19(26)23-11-5-6-12-23/h1-4,7-10,18H,5-6,11-13H2,(H,21,22,25). The molecule has 1 N–H and O–H groups in total. The smallest absolute Gasteiger partial charge is 0.250 e. The Hall–Kier alpha value is -2.87. The molecule has 8 heteroatoms. The highest BCUT2D eigenvalue weighted by atomic mass is 32.2. The van der Waals surface area contributed by atoms with Crippen LogP contribution in [0.5, 0.6) is 0 Å². The molecule has 1 aromatic carbocycles. The molecule has 1 atom stereocenters. The van der Waals surface area contributed by atoms with Gasteiger partial charge in [-0.05, 0) is 37.1 Å². The number of nitrogens with zero attached hydrogens (tertiary/aromatic N) is 3. The van der Waals surface area contributed by atoms with Crippen LogP contribution in [-0.2, 0) is 14.4 Å². The number of hydrogen-bond acceptors (Lipinski definition) is 5. The molecular weight excluding hydrogens is 376 g/mol. The van der Waals surface area contributed by atoms with Crippen LogP contribution in [-0.4, -0.2) is 52.5 Å². The molecule has 1 aromatic heterocycles. The maximum absolute atomic E-state index is 13.1. The van der Waals surface area contributed by atoms with Crippen molar-refractivity contribution in [2.75, 3.05) is 29.9 Å². The van der Waals surface area contributed by atoms with Gasteiger partial charge < -0.3 is 15.1 Å². The SMILES string of the molecule is O=C(CN1C(=O)C(C(=O)N2CCCC2)Sc2ccccc21)Nc1ccccn1. The normalized spacial score (nSPS) is 18.7. The average Bonchev–Trinajstić information content (AvgIpc) is 3.25. The first-order chi connectivity index (χ1) is 13.6. The van der Waals surface area contributed by atoms with E-state index < -0.39 is 5.25 Å². The molecule has 144 valence electrons. The Balaban J connectivity index is 1.56. The summed E-state index contributed by atoms with van der Waals surface area (Å²) in [7, 11) is 0. The molecule has 3 amide bonds. The van der Waals surface area contributed by atoms with Gasteiger partial charge in [-0.2, -0.15) is 0 Å². The zero-order valence-corrected chi connectivity index (χ0v) is 16.0. The van der Waals surface area contributed by atoms with Gasteiger partial charge in [-0.3, -0.25) is 14.4 Å². The summed E-state index contributed by atoms with van der Waals surface area (Å²) >= 11 is 1.27. The first kappa shape index (κ1) is 18.5. The predicted octanol–water partition coefficient (Wildman–Crippen LogP) is 2.15. The van der Waals surface area contributed by atoms with E-state index in [1.807, 2.05) is 18.2 Å². The van der Waals surface area contributed by atoms with Crippen molar-refractivity contribution in [1.29, 1.82) is 0 Å². The topological polar surface area (TPSA) is 82.6 Å². The molecular formula is C20H20N4O3S. The summed E-state index contributed by atoms with van der Waals surface area (Å²) < 4.78 is 0. The number of thioether (sulfide) groups is 1. The molecule has 0 bridgehead atoms. The molecule has 7 nitrogen and oxygen atoms in total. The number of carbonyl (C=O) groups is 3. The Morgan fingerprint density at radius 3 is 2.61 bits per heavy atom. The van der Waals surface area contributed by atoms with E-state index >= 15 is 0 Å². The molecule has 2 aliphatic rings. The Morgan fingerprint density at radius 1 is 1.11 bits per heavy atom. The molecule has 2 aliphatic heterocycles. The molecule has 1 saturated heterocycles. The lowest BCUT2D eigenvalue weighted by Gasteiger charge is -2.34. The average molecular weight is 396 g/mol. The summed E-state index contributed by atoms with van der Waals surface area (Å²) in [6.07, 6.45) is 3.51. The summed E-state index contributed by atoms with van der Waals surface area (Å²) in [6.45, 7) is 1.20. The number of hydrogen-bond donors (Lipinski definition) is 1. The molecule has 2 aromatic rings. The fraction of sp³-hybridized carbons (Fsp3) is 0.300. The van der Waals surface area contributed by atoms with Crippen molar-refractivity contribution in [1.82, 2.24) is 9.88 Å². The van der Waals surface area contributed by atoms with Crippen molar-refractivity contribution in [3.05, 3.63) is 48.7 Å². The van der Waals surface area contributed by atoms with Crippen LogP contribution in [0.25, 0.3) is 0 Å². The van der Waals surface area contributed by atoms with Crippen LogP contribution < -0.4 is 10.2 Å². The molecule has 0 saturated carbocycles. The third kappa shape index (κ3) is 3.73. The molecule has 28 heavy (non-hydrogen) atoms. The summed E-state index contributed by atoms with van der Waals surface area (Å²) in [6, 6.07) is 12.6. The molecule has 3 heterocycles. The number of rotatable bonds is 4. The Kier molecular flexibility index (Phi) is 5.29. The monoisotopic (exact) mass is 396 g/mol. The van der Waals surface area contributed by atoms with Crippen molar-refractivity contribution in [3.63, 3.8) is 0 Å². The van der Waals surface area contributed by atoms with Gasteiger partial charge in [0.05, 0.1) is 5.69 Å². The van der Waals surface area contributed by atoms with Crippen LogP contribution in [0, 0.1) is 0 Å². The van der Waals surface area contributed by atoms with Crippen LogP contribution in [0.15, 0.2) is 53.6 Å². The van der Waals surface area contributed by atoms with Crippen LogP contribution >= 0.6 is 11.8 Å². The first-order valence-corrected chi connectivity index (χ1v) is 10.1. The number of aromatic nitrogens is 1. The lowest BCUT2D eigenvalue weighted by Crippen LogP contribution is -2.51. The van der Waals surface area contributed by atoms with Gasteiger partial charge in [-0.15, -0.1) is 11.8 Å².